The molecule has 5 rings (SSSR count). The minimum absolute atomic E-state index is 0.0741. The Hall–Kier alpha value is -2.67. The summed E-state index contributed by atoms with van der Waals surface area (Å²) in [7, 11) is 0. The van der Waals surface area contributed by atoms with Gasteiger partial charge in [-0.25, -0.2) is 0 Å². The number of hydrogen-bond acceptors (Lipinski definition) is 4. The Kier molecular flexibility index (Phi) is 3.46. The molecule has 7 heteroatoms. The fraction of sp³-hybridized carbons (Fsp3) is 0.450. The van der Waals surface area contributed by atoms with E-state index in [9.17, 15) is 14.4 Å². The first kappa shape index (κ1) is 16.5. The van der Waals surface area contributed by atoms with Crippen LogP contribution >= 0.6 is 0 Å². The van der Waals surface area contributed by atoms with Crippen LogP contribution in [0.1, 0.15) is 19.8 Å². The first-order valence-corrected chi connectivity index (χ1v) is 9.33. The van der Waals surface area contributed by atoms with E-state index >= 15 is 0 Å². The number of ether oxygens (including phenoxy) is 1. The van der Waals surface area contributed by atoms with Crippen molar-refractivity contribution in [3.05, 3.63) is 36.4 Å². The number of nitrogens with one attached hydrogen (secondary N) is 2. The molecule has 3 amide bonds. The summed E-state index contributed by atoms with van der Waals surface area (Å²) in [6.07, 6.45) is 5.58. The van der Waals surface area contributed by atoms with E-state index in [1.54, 1.807) is 29.2 Å². The van der Waals surface area contributed by atoms with E-state index in [2.05, 4.69) is 10.6 Å². The molecule has 2 saturated heterocycles. The lowest BCUT2D eigenvalue weighted by molar-refractivity contribution is -0.132. The van der Waals surface area contributed by atoms with Crippen molar-refractivity contribution < 1.29 is 19.1 Å². The summed E-state index contributed by atoms with van der Waals surface area (Å²) in [6.45, 7) is 1.85. The number of benzene rings is 1. The first-order valence-electron chi connectivity index (χ1n) is 9.33. The molecule has 4 atom stereocenters. The van der Waals surface area contributed by atoms with E-state index in [4.69, 9.17) is 4.74 Å². The Labute approximate surface area is 156 Å². The Morgan fingerprint density at radius 1 is 1.22 bits per heavy atom. The average molecular weight is 367 g/mol. The number of fused-ring (bicyclic) bond motifs is 1. The molecule has 0 radical (unpaired) electrons. The third-order valence-electron chi connectivity index (χ3n) is 5.83. The van der Waals surface area contributed by atoms with Gasteiger partial charge in [-0.3, -0.25) is 14.4 Å². The van der Waals surface area contributed by atoms with E-state index in [0.29, 0.717) is 12.2 Å². The van der Waals surface area contributed by atoms with Crippen molar-refractivity contribution in [2.45, 2.75) is 37.5 Å². The molecule has 2 N–H and O–H groups in total. The average Bonchev–Trinajstić information content (AvgIpc) is 3.16. The van der Waals surface area contributed by atoms with Crippen LogP contribution in [-0.4, -0.2) is 42.0 Å². The van der Waals surface area contributed by atoms with Crippen molar-refractivity contribution >= 4 is 29.1 Å². The minimum atomic E-state index is -0.719. The van der Waals surface area contributed by atoms with Crippen LogP contribution < -0.4 is 15.5 Å². The predicted octanol–water partition coefficient (Wildman–Crippen LogP) is 1.21. The Balaban J connectivity index is 1.40. The lowest BCUT2D eigenvalue weighted by Gasteiger charge is -2.23. The van der Waals surface area contributed by atoms with Gasteiger partial charge in [0.05, 0.1) is 24.5 Å². The fourth-order valence-corrected chi connectivity index (χ4v) is 4.47. The van der Waals surface area contributed by atoms with Crippen molar-refractivity contribution in [2.75, 3.05) is 16.8 Å². The summed E-state index contributed by atoms with van der Waals surface area (Å²) in [4.78, 5) is 38.8. The Morgan fingerprint density at radius 3 is 2.63 bits per heavy atom. The number of amides is 3. The van der Waals surface area contributed by atoms with Crippen LogP contribution in [0.4, 0.5) is 11.4 Å². The number of carbonyl (C=O) groups is 3. The van der Waals surface area contributed by atoms with Crippen molar-refractivity contribution in [2.24, 2.45) is 11.8 Å². The normalized spacial score (nSPS) is 33.3. The Bertz CT molecular complexity index is 860. The van der Waals surface area contributed by atoms with Crippen LogP contribution in [0, 0.1) is 11.8 Å². The van der Waals surface area contributed by atoms with Gasteiger partial charge in [0.25, 0.3) is 0 Å². The van der Waals surface area contributed by atoms with E-state index in [-0.39, 0.29) is 29.9 Å². The van der Waals surface area contributed by atoms with E-state index in [1.165, 1.54) is 6.92 Å². The number of carbonyl (C=O) groups excluding carboxylic acids is 3. The van der Waals surface area contributed by atoms with Gasteiger partial charge in [0.1, 0.15) is 5.60 Å². The van der Waals surface area contributed by atoms with Crippen LogP contribution in [0.5, 0.6) is 0 Å². The van der Waals surface area contributed by atoms with Crippen molar-refractivity contribution in [3.63, 3.8) is 0 Å². The van der Waals surface area contributed by atoms with E-state index in [0.717, 1.165) is 18.5 Å². The van der Waals surface area contributed by atoms with Crippen molar-refractivity contribution in [1.29, 1.82) is 0 Å². The van der Waals surface area contributed by atoms with Gasteiger partial charge in [-0.15, -0.1) is 0 Å². The summed E-state index contributed by atoms with van der Waals surface area (Å²) >= 11 is 0. The number of rotatable bonds is 4. The summed E-state index contributed by atoms with van der Waals surface area (Å²) in [5.41, 5.74) is 0.693. The van der Waals surface area contributed by atoms with Gasteiger partial charge < -0.3 is 20.3 Å². The van der Waals surface area contributed by atoms with E-state index in [1.807, 2.05) is 12.2 Å². The summed E-state index contributed by atoms with van der Waals surface area (Å²) < 4.78 is 6.13. The number of anilines is 2. The maximum Gasteiger partial charge on any atom is 0.234 e. The molecule has 2 bridgehead atoms. The summed E-state index contributed by atoms with van der Waals surface area (Å²) in [6, 6.07) is 7.39. The molecule has 1 saturated carbocycles. The number of hydrogen-bond donors (Lipinski definition) is 2. The predicted molar refractivity (Wildman–Crippen MR) is 98.0 cm³/mol. The zero-order valence-corrected chi connectivity index (χ0v) is 15.0. The molecule has 0 aromatic heterocycles. The quantitative estimate of drug-likeness (QED) is 0.783. The second kappa shape index (κ2) is 5.66. The van der Waals surface area contributed by atoms with Crippen LogP contribution in [0.2, 0.25) is 0 Å². The second-order valence-corrected chi connectivity index (χ2v) is 7.84. The minimum Gasteiger partial charge on any atom is -0.360 e. The molecule has 1 spiro atoms. The molecule has 1 aliphatic carbocycles. The molecule has 3 fully saturated rings. The third kappa shape index (κ3) is 2.56. The molecular formula is C20H21N3O4. The van der Waals surface area contributed by atoms with Crippen LogP contribution in [0.25, 0.3) is 0 Å². The number of nitrogens with zero attached hydrogens (tertiary/aromatic N) is 1. The summed E-state index contributed by atoms with van der Waals surface area (Å²) in [5.74, 6) is -1.25. The smallest absolute Gasteiger partial charge is 0.234 e. The SMILES string of the molecule is CC(=O)Nc1ccc(N2C[C@]34C=C[C@H](O3)[C@@H](C(=O)NC3CC3)[C@@H]4C2=O)cc1. The first-order chi connectivity index (χ1) is 13.0. The van der Waals surface area contributed by atoms with Gasteiger partial charge in [0, 0.05) is 24.3 Å². The Morgan fingerprint density at radius 2 is 1.96 bits per heavy atom. The van der Waals surface area contributed by atoms with Gasteiger partial charge in [-0.05, 0) is 37.1 Å². The molecule has 1 aromatic carbocycles. The lowest BCUT2D eigenvalue weighted by Crippen LogP contribution is -2.44. The molecule has 27 heavy (non-hydrogen) atoms. The van der Waals surface area contributed by atoms with Gasteiger partial charge in [0.2, 0.25) is 17.7 Å². The standard InChI is InChI=1S/C20H21N3O4/c1-11(24)21-12-4-6-14(7-5-12)23-10-20-9-8-15(27-20)16(17(20)19(23)26)18(25)22-13-2-3-13/h4-9,13,15-17H,2-3,10H2,1H3,(H,21,24)(H,22,25)/t15-,16+,17+,20-/m0/s1. The maximum atomic E-state index is 13.2. The molecule has 0 unspecified atom stereocenters. The zero-order chi connectivity index (χ0) is 18.8. The molecule has 1 aromatic rings. The highest BCUT2D eigenvalue weighted by molar-refractivity contribution is 6.03. The molecule has 7 nitrogen and oxygen atoms in total. The van der Waals surface area contributed by atoms with Gasteiger partial charge in [-0.2, -0.15) is 0 Å². The van der Waals surface area contributed by atoms with Gasteiger partial charge in [0.15, 0.2) is 0 Å². The second-order valence-electron chi connectivity index (χ2n) is 7.84. The topological polar surface area (TPSA) is 87.7 Å². The maximum absolute atomic E-state index is 13.2. The van der Waals surface area contributed by atoms with Crippen LogP contribution in [0.15, 0.2) is 36.4 Å². The van der Waals surface area contributed by atoms with Crippen LogP contribution in [-0.2, 0) is 19.1 Å². The molecule has 3 aliphatic heterocycles. The highest BCUT2D eigenvalue weighted by Gasteiger charge is 2.67. The third-order valence-corrected chi connectivity index (χ3v) is 5.83. The monoisotopic (exact) mass is 367 g/mol. The van der Waals surface area contributed by atoms with Crippen molar-refractivity contribution in [3.8, 4) is 0 Å². The molecule has 3 heterocycles. The fourth-order valence-electron chi connectivity index (χ4n) is 4.47. The van der Waals surface area contributed by atoms with Crippen molar-refractivity contribution in [1.82, 2.24) is 5.32 Å². The summed E-state index contributed by atoms with van der Waals surface area (Å²) in [5, 5.41) is 5.74. The van der Waals surface area contributed by atoms with E-state index < -0.39 is 17.4 Å². The van der Waals surface area contributed by atoms with Crippen LogP contribution in [0.3, 0.4) is 0 Å². The zero-order valence-electron chi connectivity index (χ0n) is 15.0. The largest absolute Gasteiger partial charge is 0.360 e. The molecule has 140 valence electrons. The highest BCUT2D eigenvalue weighted by Crippen LogP contribution is 2.52. The van der Waals surface area contributed by atoms with Gasteiger partial charge >= 0.3 is 0 Å². The lowest BCUT2D eigenvalue weighted by atomic mass is 9.77. The van der Waals surface area contributed by atoms with Gasteiger partial charge in [-0.1, -0.05) is 12.2 Å². The molecule has 4 aliphatic rings. The highest BCUT2D eigenvalue weighted by atomic mass is 16.5. The molecular weight excluding hydrogens is 346 g/mol.